The summed E-state index contributed by atoms with van der Waals surface area (Å²) in [5, 5.41) is 26.4. The van der Waals surface area contributed by atoms with Crippen LogP contribution < -0.4 is 0 Å². The fourth-order valence-electron chi connectivity index (χ4n) is 3.06. The third-order valence-corrected chi connectivity index (χ3v) is 4.15. The summed E-state index contributed by atoms with van der Waals surface area (Å²) in [5.41, 5.74) is 1.43. The number of piperidine rings is 1. The van der Waals surface area contributed by atoms with Gasteiger partial charge < -0.3 is 15.1 Å². The first-order chi connectivity index (χ1) is 9.13. The summed E-state index contributed by atoms with van der Waals surface area (Å²) in [6.45, 7) is 0.488. The zero-order chi connectivity index (χ0) is 13.5. The van der Waals surface area contributed by atoms with Crippen LogP contribution in [0.25, 0.3) is 0 Å². The summed E-state index contributed by atoms with van der Waals surface area (Å²) < 4.78 is 0. The number of aliphatic hydroxyl groups excluding tert-OH is 1. The van der Waals surface area contributed by atoms with Gasteiger partial charge in [0.2, 0.25) is 0 Å². The molecule has 0 radical (unpaired) electrons. The van der Waals surface area contributed by atoms with Crippen molar-refractivity contribution in [2.45, 2.75) is 37.7 Å². The van der Waals surface area contributed by atoms with Crippen molar-refractivity contribution in [3.8, 4) is 0 Å². The highest BCUT2D eigenvalue weighted by Crippen LogP contribution is 2.26. The van der Waals surface area contributed by atoms with E-state index in [4.69, 9.17) is 0 Å². The molecule has 0 spiro atoms. The monoisotopic (exact) mass is 265 g/mol. The molecule has 1 aliphatic heterocycles. The lowest BCUT2D eigenvalue weighted by atomic mass is 9.93. The molecule has 1 aromatic rings. The van der Waals surface area contributed by atoms with Crippen molar-refractivity contribution >= 4 is 5.91 Å². The largest absolute Gasteiger partial charge is 0.393 e. The molecule has 6 nitrogen and oxygen atoms in total. The quantitative estimate of drug-likeness (QED) is 0.694. The highest BCUT2D eigenvalue weighted by atomic mass is 16.3. The van der Waals surface area contributed by atoms with Crippen LogP contribution in [0.4, 0.5) is 0 Å². The zero-order valence-electron chi connectivity index (χ0n) is 10.9. The van der Waals surface area contributed by atoms with Crippen molar-refractivity contribution in [3.05, 3.63) is 17.0 Å². The van der Waals surface area contributed by atoms with Crippen molar-refractivity contribution < 1.29 is 15.0 Å². The van der Waals surface area contributed by atoms with Crippen LogP contribution in [0.2, 0.25) is 0 Å². The van der Waals surface area contributed by atoms with Gasteiger partial charge in [-0.3, -0.25) is 9.89 Å². The molecular formula is C13H19N3O3. The molecule has 1 aromatic heterocycles. The summed E-state index contributed by atoms with van der Waals surface area (Å²) >= 11 is 0. The van der Waals surface area contributed by atoms with Crippen LogP contribution in [0.15, 0.2) is 0 Å². The van der Waals surface area contributed by atoms with Gasteiger partial charge in [-0.05, 0) is 32.1 Å². The first-order valence-corrected chi connectivity index (χ1v) is 6.82. The Morgan fingerprint density at radius 2 is 2.26 bits per heavy atom. The molecule has 0 unspecified atom stereocenters. The van der Waals surface area contributed by atoms with Crippen molar-refractivity contribution in [1.29, 1.82) is 0 Å². The van der Waals surface area contributed by atoms with Crippen molar-refractivity contribution in [3.63, 3.8) is 0 Å². The van der Waals surface area contributed by atoms with Crippen LogP contribution in [0.5, 0.6) is 0 Å². The lowest BCUT2D eigenvalue weighted by molar-refractivity contribution is -0.0599. The number of nitrogens with one attached hydrogen (secondary N) is 1. The second kappa shape index (κ2) is 4.61. The number of likely N-dealkylation sites (tertiary alicyclic amines) is 1. The van der Waals surface area contributed by atoms with E-state index in [1.54, 1.807) is 4.90 Å². The van der Waals surface area contributed by atoms with Crippen LogP contribution in [-0.2, 0) is 12.8 Å². The highest BCUT2D eigenvalue weighted by Gasteiger charge is 2.36. The number of fused-ring (bicyclic) bond motifs is 1. The van der Waals surface area contributed by atoms with Gasteiger partial charge in [-0.25, -0.2) is 0 Å². The molecule has 1 fully saturated rings. The first kappa shape index (κ1) is 12.6. The van der Waals surface area contributed by atoms with Gasteiger partial charge in [0.15, 0.2) is 5.69 Å². The SMILES string of the molecule is O=C(c1n[nH]c2c1CCC2)N1CCC[C@](O)(CO)C1. The second-order valence-corrected chi connectivity index (χ2v) is 5.60. The maximum absolute atomic E-state index is 12.5. The third kappa shape index (κ3) is 2.15. The first-order valence-electron chi connectivity index (χ1n) is 6.82. The number of hydrogen-bond acceptors (Lipinski definition) is 4. The van der Waals surface area contributed by atoms with Crippen LogP contribution in [-0.4, -0.2) is 56.5 Å². The number of β-amino-alcohol motifs (C(OH)–C–C–N with tert-alkyl or cyclic N) is 1. The van der Waals surface area contributed by atoms with E-state index in [9.17, 15) is 15.0 Å². The maximum atomic E-state index is 12.5. The third-order valence-electron chi connectivity index (χ3n) is 4.15. The molecule has 0 saturated carbocycles. The molecule has 3 N–H and O–H groups in total. The minimum atomic E-state index is -1.16. The van der Waals surface area contributed by atoms with E-state index in [2.05, 4.69) is 10.2 Å². The molecule has 0 aromatic carbocycles. The van der Waals surface area contributed by atoms with Crippen LogP contribution in [0, 0.1) is 0 Å². The van der Waals surface area contributed by atoms with E-state index in [0.29, 0.717) is 25.1 Å². The fraction of sp³-hybridized carbons (Fsp3) is 0.692. The number of aromatic nitrogens is 2. The van der Waals surface area contributed by atoms with Crippen LogP contribution >= 0.6 is 0 Å². The van der Waals surface area contributed by atoms with E-state index >= 15 is 0 Å². The highest BCUT2D eigenvalue weighted by molar-refractivity contribution is 5.94. The number of carbonyl (C=O) groups excluding carboxylic acids is 1. The number of hydrogen-bond donors (Lipinski definition) is 3. The van der Waals surface area contributed by atoms with Crippen molar-refractivity contribution in [1.82, 2.24) is 15.1 Å². The minimum absolute atomic E-state index is 0.133. The van der Waals surface area contributed by atoms with Gasteiger partial charge in [0, 0.05) is 17.8 Å². The lowest BCUT2D eigenvalue weighted by Gasteiger charge is -2.37. The van der Waals surface area contributed by atoms with Gasteiger partial charge >= 0.3 is 0 Å². The number of nitrogens with zero attached hydrogens (tertiary/aromatic N) is 2. The summed E-state index contributed by atoms with van der Waals surface area (Å²) in [7, 11) is 0. The molecule has 1 aliphatic carbocycles. The second-order valence-electron chi connectivity index (χ2n) is 5.60. The van der Waals surface area contributed by atoms with E-state index in [1.807, 2.05) is 0 Å². The summed E-state index contributed by atoms with van der Waals surface area (Å²) in [6, 6.07) is 0. The Labute approximate surface area is 111 Å². The summed E-state index contributed by atoms with van der Waals surface area (Å²) in [4.78, 5) is 14.1. The number of aromatic amines is 1. The lowest BCUT2D eigenvalue weighted by Crippen LogP contribution is -2.52. The van der Waals surface area contributed by atoms with Gasteiger partial charge in [0.1, 0.15) is 5.60 Å². The average Bonchev–Trinajstić information content (AvgIpc) is 3.00. The Bertz CT molecular complexity index is 499. The number of amides is 1. The predicted octanol–water partition coefficient (Wildman–Crippen LogP) is -0.142. The molecule has 1 amide bonds. The van der Waals surface area contributed by atoms with E-state index < -0.39 is 5.60 Å². The van der Waals surface area contributed by atoms with Crippen molar-refractivity contribution in [2.75, 3.05) is 19.7 Å². The minimum Gasteiger partial charge on any atom is -0.393 e. The Hall–Kier alpha value is -1.40. The van der Waals surface area contributed by atoms with E-state index in [-0.39, 0.29) is 19.1 Å². The molecule has 2 heterocycles. The topological polar surface area (TPSA) is 89.5 Å². The molecule has 19 heavy (non-hydrogen) atoms. The molecular weight excluding hydrogens is 246 g/mol. The maximum Gasteiger partial charge on any atom is 0.274 e. The molecule has 1 atom stereocenters. The van der Waals surface area contributed by atoms with Gasteiger partial charge in [0.25, 0.3) is 5.91 Å². The number of H-pyrrole nitrogens is 1. The predicted molar refractivity (Wildman–Crippen MR) is 67.8 cm³/mol. The Morgan fingerprint density at radius 3 is 3.05 bits per heavy atom. The summed E-state index contributed by atoms with van der Waals surface area (Å²) in [6.07, 6.45) is 4.15. The van der Waals surface area contributed by atoms with Gasteiger partial charge in [0.05, 0.1) is 13.2 Å². The number of carbonyl (C=O) groups is 1. The molecule has 6 heteroatoms. The summed E-state index contributed by atoms with van der Waals surface area (Å²) in [5.74, 6) is -0.133. The van der Waals surface area contributed by atoms with Crippen LogP contribution in [0.3, 0.4) is 0 Å². The normalized spacial score (nSPS) is 26.5. The number of rotatable bonds is 2. The molecule has 0 bridgehead atoms. The Kier molecular flexibility index (Phi) is 3.06. The Balaban J connectivity index is 1.80. The van der Waals surface area contributed by atoms with Crippen molar-refractivity contribution in [2.24, 2.45) is 0 Å². The smallest absolute Gasteiger partial charge is 0.274 e. The molecule has 1 saturated heterocycles. The molecule has 2 aliphatic rings. The molecule has 3 rings (SSSR count). The fourth-order valence-corrected chi connectivity index (χ4v) is 3.06. The van der Waals surface area contributed by atoms with Gasteiger partial charge in [-0.2, -0.15) is 5.10 Å². The van der Waals surface area contributed by atoms with Gasteiger partial charge in [-0.15, -0.1) is 0 Å². The van der Waals surface area contributed by atoms with E-state index in [0.717, 1.165) is 30.5 Å². The van der Waals surface area contributed by atoms with Gasteiger partial charge in [-0.1, -0.05) is 0 Å². The van der Waals surface area contributed by atoms with Crippen LogP contribution in [0.1, 0.15) is 41.0 Å². The zero-order valence-corrected chi connectivity index (χ0v) is 10.9. The van der Waals surface area contributed by atoms with E-state index in [1.165, 1.54) is 0 Å². The Morgan fingerprint density at radius 1 is 1.42 bits per heavy atom. The number of aliphatic hydroxyl groups is 2. The average molecular weight is 265 g/mol. The number of aryl methyl sites for hydroxylation is 1. The molecule has 104 valence electrons. The standard InChI is InChI=1S/C13H19N3O3/c17-8-13(19)5-2-6-16(7-13)12(18)11-9-3-1-4-10(9)14-15-11/h17,19H,1-8H2,(H,14,15)/t13-/m1/s1.